The van der Waals surface area contributed by atoms with Crippen LogP contribution in [0.1, 0.15) is 29.3 Å². The second-order valence-electron chi connectivity index (χ2n) is 4.44. The van der Waals surface area contributed by atoms with Crippen LogP contribution in [0.4, 0.5) is 10.1 Å². The normalized spacial score (nSPS) is 10.3. The maximum atomic E-state index is 13.4. The first kappa shape index (κ1) is 14.1. The van der Waals surface area contributed by atoms with E-state index >= 15 is 0 Å². The van der Waals surface area contributed by atoms with Crippen molar-refractivity contribution < 1.29 is 13.9 Å². The predicted octanol–water partition coefficient (Wildman–Crippen LogP) is 3.43. The van der Waals surface area contributed by atoms with Gasteiger partial charge in [-0.3, -0.25) is 4.79 Å². The van der Waals surface area contributed by atoms with Crippen LogP contribution in [0.5, 0.6) is 5.75 Å². The first-order valence-electron chi connectivity index (χ1n) is 6.44. The van der Waals surface area contributed by atoms with E-state index in [0.29, 0.717) is 23.6 Å². The van der Waals surface area contributed by atoms with Gasteiger partial charge < -0.3 is 10.5 Å². The number of nitrogen functional groups attached to an aromatic ring is 1. The Morgan fingerprint density at radius 2 is 2.05 bits per heavy atom. The molecule has 0 aliphatic heterocycles. The SMILES string of the molecule is CCCOc1ccc(F)cc1C(=O)c1cccc(N)c1. The van der Waals surface area contributed by atoms with Gasteiger partial charge in [-0.2, -0.15) is 0 Å². The summed E-state index contributed by atoms with van der Waals surface area (Å²) < 4.78 is 18.9. The van der Waals surface area contributed by atoms with E-state index in [9.17, 15) is 9.18 Å². The Balaban J connectivity index is 2.39. The highest BCUT2D eigenvalue weighted by atomic mass is 19.1. The zero-order valence-corrected chi connectivity index (χ0v) is 11.2. The van der Waals surface area contributed by atoms with Crippen molar-refractivity contribution in [3.8, 4) is 5.75 Å². The third kappa shape index (κ3) is 3.15. The average molecular weight is 273 g/mol. The van der Waals surface area contributed by atoms with Crippen LogP contribution in [0.3, 0.4) is 0 Å². The Hall–Kier alpha value is -2.36. The number of anilines is 1. The number of ether oxygens (including phenoxy) is 1. The number of hydrogen-bond acceptors (Lipinski definition) is 3. The lowest BCUT2D eigenvalue weighted by Crippen LogP contribution is -2.07. The van der Waals surface area contributed by atoms with Crippen LogP contribution in [0.25, 0.3) is 0 Å². The molecular formula is C16H16FNO2. The summed E-state index contributed by atoms with van der Waals surface area (Å²) in [5.74, 6) is -0.385. The van der Waals surface area contributed by atoms with E-state index in [-0.39, 0.29) is 11.3 Å². The molecule has 0 amide bonds. The van der Waals surface area contributed by atoms with Crippen LogP contribution in [-0.4, -0.2) is 12.4 Å². The van der Waals surface area contributed by atoms with E-state index in [1.807, 2.05) is 6.92 Å². The van der Waals surface area contributed by atoms with Crippen molar-refractivity contribution in [2.75, 3.05) is 12.3 Å². The summed E-state index contributed by atoms with van der Waals surface area (Å²) in [5.41, 5.74) is 6.78. The molecule has 2 N–H and O–H groups in total. The number of rotatable bonds is 5. The summed E-state index contributed by atoms with van der Waals surface area (Å²) in [6.07, 6.45) is 0.809. The maximum Gasteiger partial charge on any atom is 0.196 e. The smallest absolute Gasteiger partial charge is 0.196 e. The summed E-state index contributed by atoms with van der Waals surface area (Å²) in [5, 5.41) is 0. The lowest BCUT2D eigenvalue weighted by Gasteiger charge is -2.10. The van der Waals surface area contributed by atoms with Gasteiger partial charge in [0.15, 0.2) is 5.78 Å². The molecule has 0 spiro atoms. The Kier molecular flexibility index (Phi) is 4.35. The lowest BCUT2D eigenvalue weighted by atomic mass is 10.0. The number of carbonyl (C=O) groups excluding carboxylic acids is 1. The topological polar surface area (TPSA) is 52.3 Å². The third-order valence-electron chi connectivity index (χ3n) is 2.80. The number of hydrogen-bond donors (Lipinski definition) is 1. The average Bonchev–Trinajstić information content (AvgIpc) is 2.45. The quantitative estimate of drug-likeness (QED) is 0.670. The minimum absolute atomic E-state index is 0.212. The van der Waals surface area contributed by atoms with Gasteiger partial charge in [0.1, 0.15) is 11.6 Å². The Bertz CT molecular complexity index is 626. The Morgan fingerprint density at radius 3 is 2.75 bits per heavy atom. The van der Waals surface area contributed by atoms with Gasteiger partial charge in [-0.15, -0.1) is 0 Å². The molecule has 3 nitrogen and oxygen atoms in total. The van der Waals surface area contributed by atoms with Crippen LogP contribution in [0.15, 0.2) is 42.5 Å². The molecule has 0 fully saturated rings. The molecule has 104 valence electrons. The molecule has 2 aromatic carbocycles. The van der Waals surface area contributed by atoms with Gasteiger partial charge in [-0.05, 0) is 36.8 Å². The van der Waals surface area contributed by atoms with Crippen LogP contribution in [-0.2, 0) is 0 Å². The van der Waals surface area contributed by atoms with E-state index in [4.69, 9.17) is 10.5 Å². The van der Waals surface area contributed by atoms with Gasteiger partial charge in [-0.25, -0.2) is 4.39 Å². The molecule has 0 saturated carbocycles. The molecular weight excluding hydrogens is 257 g/mol. The van der Waals surface area contributed by atoms with E-state index in [2.05, 4.69) is 0 Å². The fourth-order valence-corrected chi connectivity index (χ4v) is 1.85. The van der Waals surface area contributed by atoms with Crippen LogP contribution in [0, 0.1) is 5.82 Å². The molecule has 0 saturated heterocycles. The number of halogens is 1. The van der Waals surface area contributed by atoms with Crippen LogP contribution >= 0.6 is 0 Å². The molecule has 0 atom stereocenters. The van der Waals surface area contributed by atoms with Crippen LogP contribution in [0.2, 0.25) is 0 Å². The second kappa shape index (κ2) is 6.19. The summed E-state index contributed by atoms with van der Waals surface area (Å²) >= 11 is 0. The number of carbonyl (C=O) groups is 1. The van der Waals surface area contributed by atoms with Gasteiger partial charge in [0.25, 0.3) is 0 Å². The van der Waals surface area contributed by atoms with Gasteiger partial charge >= 0.3 is 0 Å². The summed E-state index contributed by atoms with van der Waals surface area (Å²) in [6.45, 7) is 2.44. The second-order valence-corrected chi connectivity index (χ2v) is 4.44. The van der Waals surface area contributed by atoms with Crippen molar-refractivity contribution in [1.29, 1.82) is 0 Å². The summed E-state index contributed by atoms with van der Waals surface area (Å²) in [6, 6.07) is 10.5. The zero-order chi connectivity index (χ0) is 14.5. The lowest BCUT2D eigenvalue weighted by molar-refractivity contribution is 0.103. The standard InChI is InChI=1S/C16H16FNO2/c1-2-8-20-15-7-6-12(17)10-14(15)16(19)11-4-3-5-13(18)9-11/h3-7,9-10H,2,8,18H2,1H3. The van der Waals surface area contributed by atoms with Crippen molar-refractivity contribution in [3.63, 3.8) is 0 Å². The molecule has 20 heavy (non-hydrogen) atoms. The fourth-order valence-electron chi connectivity index (χ4n) is 1.85. The Labute approximate surface area is 117 Å². The number of ketones is 1. The first-order valence-corrected chi connectivity index (χ1v) is 6.44. The monoisotopic (exact) mass is 273 g/mol. The van der Waals surface area contributed by atoms with Crippen LogP contribution < -0.4 is 10.5 Å². The van der Waals surface area contributed by atoms with E-state index in [0.717, 1.165) is 6.42 Å². The molecule has 2 aromatic rings. The van der Waals surface area contributed by atoms with E-state index < -0.39 is 5.82 Å². The van der Waals surface area contributed by atoms with Gasteiger partial charge in [0, 0.05) is 11.3 Å². The predicted molar refractivity (Wildman–Crippen MR) is 76.5 cm³/mol. The highest BCUT2D eigenvalue weighted by Gasteiger charge is 2.16. The van der Waals surface area contributed by atoms with E-state index in [1.165, 1.54) is 18.2 Å². The molecule has 0 aliphatic carbocycles. The minimum Gasteiger partial charge on any atom is -0.493 e. The maximum absolute atomic E-state index is 13.4. The molecule has 0 unspecified atom stereocenters. The summed E-state index contributed by atoms with van der Waals surface area (Å²) in [4.78, 5) is 12.4. The fraction of sp³-hybridized carbons (Fsp3) is 0.188. The Morgan fingerprint density at radius 1 is 1.25 bits per heavy atom. The van der Waals surface area contributed by atoms with E-state index in [1.54, 1.807) is 24.3 Å². The first-order chi connectivity index (χ1) is 9.61. The van der Waals surface area contributed by atoms with Crippen molar-refractivity contribution >= 4 is 11.5 Å². The van der Waals surface area contributed by atoms with Crippen molar-refractivity contribution in [1.82, 2.24) is 0 Å². The number of nitrogens with two attached hydrogens (primary N) is 1. The molecule has 0 bridgehead atoms. The third-order valence-corrected chi connectivity index (χ3v) is 2.80. The molecule has 0 aromatic heterocycles. The highest BCUT2D eigenvalue weighted by molar-refractivity contribution is 6.11. The largest absolute Gasteiger partial charge is 0.493 e. The van der Waals surface area contributed by atoms with Crippen molar-refractivity contribution in [2.45, 2.75) is 13.3 Å². The molecule has 2 rings (SSSR count). The molecule has 0 radical (unpaired) electrons. The summed E-state index contributed by atoms with van der Waals surface area (Å²) in [7, 11) is 0. The molecule has 0 aliphatic rings. The van der Waals surface area contributed by atoms with Crippen molar-refractivity contribution in [3.05, 3.63) is 59.4 Å². The van der Waals surface area contributed by atoms with Gasteiger partial charge in [0.05, 0.1) is 12.2 Å². The van der Waals surface area contributed by atoms with Crippen molar-refractivity contribution in [2.24, 2.45) is 0 Å². The van der Waals surface area contributed by atoms with Gasteiger partial charge in [0.2, 0.25) is 0 Å². The zero-order valence-electron chi connectivity index (χ0n) is 11.2. The highest BCUT2D eigenvalue weighted by Crippen LogP contribution is 2.24. The molecule has 0 heterocycles. The molecule has 4 heteroatoms. The number of benzene rings is 2. The minimum atomic E-state index is -0.471. The van der Waals surface area contributed by atoms with Gasteiger partial charge in [-0.1, -0.05) is 19.1 Å².